The zero-order valence-electron chi connectivity index (χ0n) is 76.4. The van der Waals surface area contributed by atoms with Crippen LogP contribution in [0.1, 0.15) is 25.0 Å². The first-order chi connectivity index (χ1) is 68.6. The van der Waals surface area contributed by atoms with Crippen LogP contribution in [0, 0.1) is 0 Å². The van der Waals surface area contributed by atoms with E-state index in [1.807, 2.05) is 29.5 Å². The van der Waals surface area contributed by atoms with Crippen molar-refractivity contribution in [2.24, 2.45) is 7.05 Å². The van der Waals surface area contributed by atoms with Gasteiger partial charge in [-0.25, -0.2) is 0 Å². The van der Waals surface area contributed by atoms with E-state index < -0.39 is 0 Å². The van der Waals surface area contributed by atoms with Gasteiger partial charge in [0, 0.05) is 132 Å². The number of para-hydroxylation sites is 8. The summed E-state index contributed by atoms with van der Waals surface area (Å²) in [5.41, 5.74) is 37.7. The Kier molecular flexibility index (Phi) is 18.0. The van der Waals surface area contributed by atoms with Crippen LogP contribution in [0.15, 0.2) is 476 Å². The molecule has 0 amide bonds. The predicted molar refractivity (Wildman–Crippen MR) is 585 cm³/mol. The first-order valence-corrected chi connectivity index (χ1v) is 48.5. The van der Waals surface area contributed by atoms with Gasteiger partial charge in [0.1, 0.15) is 38.5 Å². The lowest BCUT2D eigenvalue weighted by Gasteiger charge is -2.21. The molecule has 654 valence electrons. The standard InChI is InChI=1S/C53H36N2S.C44H28N2O.C33H22N2O/c1-53(2)45-19-11-9-17-39(45)41-31-43-42-29-35(23-27-47(42)54(49(43)32-46(41)53)38-25-21-34(22-26-38)33-13-5-3-6-14-33)36-24-28-48-44(30-36)51-40-18-10-12-20-50(40)56-52(51)55(48)37-15-7-4-8-16-37;1-4-13-29(14-5-1)34-20-12-21-35-37-27-31(24-26-41(37)47-43(34)35)30-23-25-40-38(28-30)42-36-19-10-11-22-39(36)45(32-15-6-2-7-16-32)44(42)46(40)33-17-8-3-9-18-33;1-34-28-13-7-5-12-25(28)32-27-20-21(15-17-29(27)35(33(32)34)23-9-3-2-4-10-23)22-16-18-31-26(19-22)24-11-6-8-14-30(24)36-31/h3-32H,1-2H3;1-28H;2-20H,1H3. The summed E-state index contributed by atoms with van der Waals surface area (Å²) < 4.78 is 28.3. The molecule has 8 nitrogen and oxygen atoms in total. The molecule has 139 heavy (non-hydrogen) atoms. The molecule has 9 heterocycles. The Hall–Kier alpha value is -17.8. The number of aryl methyl sites for hydroxylation is 1. The second-order valence-electron chi connectivity index (χ2n) is 37.4. The lowest BCUT2D eigenvalue weighted by atomic mass is 9.82. The first kappa shape index (κ1) is 79.8. The second kappa shape index (κ2) is 31.4. The summed E-state index contributed by atoms with van der Waals surface area (Å²) in [5, 5.41) is 18.6. The van der Waals surface area contributed by atoms with E-state index in [-0.39, 0.29) is 5.41 Å². The second-order valence-corrected chi connectivity index (χ2v) is 38.4. The van der Waals surface area contributed by atoms with Gasteiger partial charge in [0.05, 0.1) is 38.6 Å². The van der Waals surface area contributed by atoms with Gasteiger partial charge in [0.25, 0.3) is 0 Å². The first-order valence-electron chi connectivity index (χ1n) is 47.7. The van der Waals surface area contributed by atoms with Crippen molar-refractivity contribution in [2.45, 2.75) is 19.3 Å². The summed E-state index contributed by atoms with van der Waals surface area (Å²) in [5.74, 6) is 0. The molecule has 0 saturated carbocycles. The van der Waals surface area contributed by atoms with Gasteiger partial charge in [0.2, 0.25) is 0 Å². The minimum Gasteiger partial charge on any atom is -0.456 e. The molecular weight excluding hydrogens is 1710 g/mol. The van der Waals surface area contributed by atoms with Crippen molar-refractivity contribution < 1.29 is 8.83 Å². The van der Waals surface area contributed by atoms with Crippen LogP contribution in [-0.4, -0.2) is 27.4 Å². The predicted octanol–water partition coefficient (Wildman–Crippen LogP) is 35.5. The molecular formula is C130H86N6O2S. The molecule has 0 unspecified atom stereocenters. The molecule has 0 saturated heterocycles. The quantitative estimate of drug-likeness (QED) is 0.137. The number of furan rings is 2. The van der Waals surface area contributed by atoms with Crippen LogP contribution in [0.3, 0.4) is 0 Å². The third-order valence-corrected chi connectivity index (χ3v) is 30.5. The Bertz CT molecular complexity index is 10000. The molecule has 0 spiro atoms. The summed E-state index contributed by atoms with van der Waals surface area (Å²) in [6, 6.07) is 169. The summed E-state index contributed by atoms with van der Waals surface area (Å²) >= 11 is 1.88. The van der Waals surface area contributed by atoms with E-state index in [1.54, 1.807) is 0 Å². The molecule has 20 aromatic carbocycles. The van der Waals surface area contributed by atoms with Gasteiger partial charge in [-0.1, -0.05) is 311 Å². The third kappa shape index (κ3) is 12.5. The molecule has 0 aliphatic heterocycles. The molecule has 9 aromatic heterocycles. The molecule has 0 fully saturated rings. The van der Waals surface area contributed by atoms with Gasteiger partial charge in [-0.3, -0.25) is 13.7 Å². The molecule has 29 aromatic rings. The van der Waals surface area contributed by atoms with Crippen LogP contribution in [0.5, 0.6) is 0 Å². The highest BCUT2D eigenvalue weighted by molar-refractivity contribution is 7.25. The monoisotopic (exact) mass is 1790 g/mol. The van der Waals surface area contributed by atoms with E-state index in [4.69, 9.17) is 8.83 Å². The van der Waals surface area contributed by atoms with E-state index >= 15 is 0 Å². The number of fused-ring (bicyclic) bond motifs is 27. The Balaban J connectivity index is 0.000000105. The topological polar surface area (TPSA) is 55.9 Å². The average molecular weight is 1800 g/mol. The number of aromatic nitrogens is 6. The number of rotatable bonds is 10. The van der Waals surface area contributed by atoms with E-state index in [2.05, 4.69) is 497 Å². The highest BCUT2D eigenvalue weighted by Gasteiger charge is 2.37. The number of hydrogen-bond acceptors (Lipinski definition) is 3. The van der Waals surface area contributed by atoms with Gasteiger partial charge in [-0.15, -0.1) is 11.3 Å². The van der Waals surface area contributed by atoms with Crippen LogP contribution in [0.25, 0.3) is 258 Å². The Morgan fingerprint density at radius 2 is 0.590 bits per heavy atom. The normalized spacial score (nSPS) is 12.5. The zero-order chi connectivity index (χ0) is 91.8. The van der Waals surface area contributed by atoms with Gasteiger partial charge >= 0.3 is 0 Å². The van der Waals surface area contributed by atoms with Crippen molar-refractivity contribution in [1.29, 1.82) is 0 Å². The van der Waals surface area contributed by atoms with Gasteiger partial charge in [0.15, 0.2) is 0 Å². The van der Waals surface area contributed by atoms with Crippen LogP contribution in [-0.2, 0) is 12.5 Å². The number of nitrogens with zero attached hydrogens (tertiary/aromatic N) is 6. The Labute approximate surface area is 804 Å². The van der Waals surface area contributed by atoms with E-state index in [1.165, 1.54) is 203 Å². The van der Waals surface area contributed by atoms with Crippen molar-refractivity contribution in [1.82, 2.24) is 27.4 Å². The smallest absolute Gasteiger partial charge is 0.143 e. The SMILES string of the molecule is CC1(C)c2ccccc2-c2cc3c4cc(-c5ccc6c(c5)c5c7ccccc7sc5n6-c5ccccc5)ccc4n(-c4ccc(-c5ccccc5)cc4)c3cc21.Cn1c2ccccc2c2c3cc(-c4ccc5oc6ccccc6c5c4)ccc3n(-c3ccccc3)c21.c1ccc(-c2cccc3c2oc2ccc(-c4ccc5c(c4)c4c6ccccc6n(-c6ccccc6)c4n5-c4ccccc4)cc23)cc1. The van der Waals surface area contributed by atoms with E-state index in [0.29, 0.717) is 0 Å². The van der Waals surface area contributed by atoms with Crippen LogP contribution >= 0.6 is 11.3 Å². The fourth-order valence-electron chi connectivity index (χ4n) is 22.9. The largest absolute Gasteiger partial charge is 0.456 e. The molecule has 9 heteroatoms. The maximum absolute atomic E-state index is 6.50. The van der Waals surface area contributed by atoms with Crippen molar-refractivity contribution in [2.75, 3.05) is 0 Å². The summed E-state index contributed by atoms with van der Waals surface area (Å²) in [6.07, 6.45) is 0. The van der Waals surface area contributed by atoms with Crippen molar-refractivity contribution >= 4 is 174 Å². The van der Waals surface area contributed by atoms with E-state index in [9.17, 15) is 0 Å². The van der Waals surface area contributed by atoms with Crippen LogP contribution < -0.4 is 0 Å². The molecule has 0 N–H and O–H groups in total. The summed E-state index contributed by atoms with van der Waals surface area (Å²) in [6.45, 7) is 4.75. The molecule has 30 rings (SSSR count). The zero-order valence-corrected chi connectivity index (χ0v) is 77.2. The number of benzene rings is 20. The highest BCUT2D eigenvalue weighted by atomic mass is 32.1. The van der Waals surface area contributed by atoms with Gasteiger partial charge in [-0.2, -0.15) is 0 Å². The highest BCUT2D eigenvalue weighted by Crippen LogP contribution is 2.54. The number of hydrogen-bond donors (Lipinski definition) is 0. The van der Waals surface area contributed by atoms with Crippen molar-refractivity contribution in [3.8, 4) is 95.2 Å². The van der Waals surface area contributed by atoms with Crippen LogP contribution in [0.2, 0.25) is 0 Å². The fourth-order valence-corrected chi connectivity index (χ4v) is 24.2. The summed E-state index contributed by atoms with van der Waals surface area (Å²) in [4.78, 5) is 1.29. The minimum absolute atomic E-state index is 0.0908. The lowest BCUT2D eigenvalue weighted by Crippen LogP contribution is -2.14. The maximum Gasteiger partial charge on any atom is 0.143 e. The Morgan fingerprint density at radius 3 is 1.19 bits per heavy atom. The molecule has 0 radical (unpaired) electrons. The third-order valence-electron chi connectivity index (χ3n) is 29.4. The average Bonchev–Trinajstić information content (AvgIpc) is 1.57. The summed E-state index contributed by atoms with van der Waals surface area (Å²) in [7, 11) is 2.17. The van der Waals surface area contributed by atoms with Gasteiger partial charge in [-0.05, 0) is 242 Å². The maximum atomic E-state index is 6.50. The van der Waals surface area contributed by atoms with Crippen molar-refractivity contribution in [3.05, 3.63) is 478 Å². The molecule has 0 atom stereocenters. The van der Waals surface area contributed by atoms with Crippen molar-refractivity contribution in [3.63, 3.8) is 0 Å². The van der Waals surface area contributed by atoms with E-state index in [0.717, 1.165) is 66.4 Å². The molecule has 1 aliphatic carbocycles. The number of thiophene rings is 1. The molecule has 1 aliphatic rings. The minimum atomic E-state index is -0.0908. The Morgan fingerprint density at radius 1 is 0.209 bits per heavy atom. The fraction of sp³-hybridized carbons (Fsp3) is 0.0308. The molecule has 0 bridgehead atoms. The van der Waals surface area contributed by atoms with Crippen LogP contribution in [0.4, 0.5) is 0 Å². The lowest BCUT2D eigenvalue weighted by molar-refractivity contribution is 0.661. The van der Waals surface area contributed by atoms with Gasteiger partial charge < -0.3 is 22.5 Å².